The largest absolute Gasteiger partial charge is 0.349 e. The maximum Gasteiger partial charge on any atom is 0.240 e. The Morgan fingerprint density at radius 2 is 2.14 bits per heavy atom. The first-order chi connectivity index (χ1) is 6.84. The molecule has 2 heterocycles. The molecule has 1 aromatic carbocycles. The highest BCUT2D eigenvalue weighted by molar-refractivity contribution is 5.85. The van der Waals surface area contributed by atoms with Crippen molar-refractivity contribution < 1.29 is 4.79 Å². The summed E-state index contributed by atoms with van der Waals surface area (Å²) in [4.78, 5) is 11.2. The minimum Gasteiger partial charge on any atom is -0.349 e. The van der Waals surface area contributed by atoms with Crippen LogP contribution in [0.2, 0.25) is 0 Å². The van der Waals surface area contributed by atoms with Crippen LogP contribution in [0.5, 0.6) is 0 Å². The number of carbonyl (C=O) groups excluding carboxylic acids is 1. The number of rotatable bonds is 0. The first-order valence-electron chi connectivity index (χ1n) is 4.68. The van der Waals surface area contributed by atoms with Gasteiger partial charge < -0.3 is 9.88 Å². The van der Waals surface area contributed by atoms with Gasteiger partial charge in [-0.05, 0) is 17.5 Å². The molecule has 0 unspecified atom stereocenters. The van der Waals surface area contributed by atoms with E-state index in [0.717, 1.165) is 5.52 Å². The molecule has 0 aliphatic carbocycles. The van der Waals surface area contributed by atoms with Crippen LogP contribution in [0, 0.1) is 0 Å². The molecule has 70 valence electrons. The molecule has 0 bridgehead atoms. The van der Waals surface area contributed by atoms with E-state index < -0.39 is 0 Å². The zero-order valence-electron chi connectivity index (χ0n) is 7.66. The number of hydrogen-bond donors (Lipinski definition) is 1. The van der Waals surface area contributed by atoms with Crippen LogP contribution in [0.1, 0.15) is 5.69 Å². The number of benzene rings is 1. The van der Waals surface area contributed by atoms with Crippen LogP contribution in [0.4, 0.5) is 0 Å². The monoisotopic (exact) mass is 186 g/mol. The van der Waals surface area contributed by atoms with Crippen LogP contribution < -0.4 is 5.32 Å². The number of nitrogens with one attached hydrogen (secondary N) is 1. The topological polar surface area (TPSA) is 34.0 Å². The molecule has 0 atom stereocenters. The lowest BCUT2D eigenvalue weighted by Crippen LogP contribution is -2.33. The molecule has 3 nitrogen and oxygen atoms in total. The van der Waals surface area contributed by atoms with Crippen molar-refractivity contribution in [3.8, 4) is 0 Å². The summed E-state index contributed by atoms with van der Waals surface area (Å²) in [5.41, 5.74) is 2.34. The molecule has 3 heteroatoms. The standard InChI is InChI=1S/C11H10N2O/c14-11-7-13-9(6-12-11)5-8-3-1-2-4-10(8)13/h1-5H,6-7H2,(H,12,14). The zero-order chi connectivity index (χ0) is 9.54. The van der Waals surface area contributed by atoms with E-state index in [1.807, 2.05) is 12.1 Å². The van der Waals surface area contributed by atoms with Crippen molar-refractivity contribution in [2.24, 2.45) is 0 Å². The number of amides is 1. The Kier molecular flexibility index (Phi) is 1.42. The van der Waals surface area contributed by atoms with Crippen molar-refractivity contribution in [3.05, 3.63) is 36.0 Å². The number of carbonyl (C=O) groups is 1. The van der Waals surface area contributed by atoms with E-state index in [1.165, 1.54) is 11.1 Å². The van der Waals surface area contributed by atoms with Gasteiger partial charge in [-0.3, -0.25) is 4.79 Å². The second-order valence-corrected chi connectivity index (χ2v) is 3.56. The maximum atomic E-state index is 11.2. The minimum atomic E-state index is 0.0962. The first-order valence-corrected chi connectivity index (χ1v) is 4.68. The SMILES string of the molecule is O=C1Cn2c(cc3ccccc32)CN1. The molecule has 14 heavy (non-hydrogen) atoms. The first kappa shape index (κ1) is 7.62. The molecule has 1 amide bonds. The van der Waals surface area contributed by atoms with Gasteiger partial charge >= 0.3 is 0 Å². The fraction of sp³-hybridized carbons (Fsp3) is 0.182. The molecule has 0 saturated heterocycles. The fourth-order valence-electron chi connectivity index (χ4n) is 1.99. The lowest BCUT2D eigenvalue weighted by Gasteiger charge is -2.16. The van der Waals surface area contributed by atoms with Crippen molar-refractivity contribution in [1.82, 2.24) is 9.88 Å². The quantitative estimate of drug-likeness (QED) is 0.660. The van der Waals surface area contributed by atoms with Gasteiger partial charge in [-0.25, -0.2) is 0 Å². The lowest BCUT2D eigenvalue weighted by molar-refractivity contribution is -0.122. The zero-order valence-corrected chi connectivity index (χ0v) is 7.66. The van der Waals surface area contributed by atoms with Crippen molar-refractivity contribution in [2.45, 2.75) is 13.1 Å². The van der Waals surface area contributed by atoms with Crippen LogP contribution in [-0.4, -0.2) is 10.5 Å². The Labute approximate surface area is 81.3 Å². The number of nitrogens with zero attached hydrogens (tertiary/aromatic N) is 1. The highest BCUT2D eigenvalue weighted by atomic mass is 16.2. The Hall–Kier alpha value is -1.77. The minimum absolute atomic E-state index is 0.0962. The van der Waals surface area contributed by atoms with E-state index in [1.54, 1.807) is 0 Å². The summed E-state index contributed by atoms with van der Waals surface area (Å²) in [5, 5.41) is 4.05. The van der Waals surface area contributed by atoms with Crippen LogP contribution in [0.15, 0.2) is 30.3 Å². The highest BCUT2D eigenvalue weighted by Gasteiger charge is 2.16. The second kappa shape index (κ2) is 2.61. The molecule has 1 aliphatic heterocycles. The van der Waals surface area contributed by atoms with E-state index in [4.69, 9.17) is 0 Å². The van der Waals surface area contributed by atoms with E-state index in [9.17, 15) is 4.79 Å². The third kappa shape index (κ3) is 0.954. The molecule has 0 saturated carbocycles. The normalized spacial score (nSPS) is 15.3. The molecule has 1 N–H and O–H groups in total. The molecule has 0 radical (unpaired) electrons. The summed E-state index contributed by atoms with van der Waals surface area (Å²) in [6, 6.07) is 10.3. The molecular weight excluding hydrogens is 176 g/mol. The Morgan fingerprint density at radius 1 is 1.29 bits per heavy atom. The molecule has 0 spiro atoms. The third-order valence-corrected chi connectivity index (χ3v) is 2.66. The van der Waals surface area contributed by atoms with Crippen molar-refractivity contribution in [1.29, 1.82) is 0 Å². The Morgan fingerprint density at radius 3 is 3.07 bits per heavy atom. The van der Waals surface area contributed by atoms with Gasteiger partial charge in [0.1, 0.15) is 6.54 Å². The number of hydrogen-bond acceptors (Lipinski definition) is 1. The highest BCUT2D eigenvalue weighted by Crippen LogP contribution is 2.21. The van der Waals surface area contributed by atoms with E-state index >= 15 is 0 Å². The van der Waals surface area contributed by atoms with Gasteiger partial charge in [0.25, 0.3) is 0 Å². The molecule has 2 aromatic rings. The summed E-state index contributed by atoms with van der Waals surface area (Å²) in [5.74, 6) is 0.0962. The number of para-hydroxylation sites is 1. The van der Waals surface area contributed by atoms with Crippen molar-refractivity contribution in [3.63, 3.8) is 0 Å². The predicted molar refractivity (Wildman–Crippen MR) is 53.8 cm³/mol. The van der Waals surface area contributed by atoms with Crippen molar-refractivity contribution in [2.75, 3.05) is 0 Å². The van der Waals surface area contributed by atoms with Gasteiger partial charge in [0, 0.05) is 11.2 Å². The summed E-state index contributed by atoms with van der Waals surface area (Å²) in [7, 11) is 0. The molecule has 1 aromatic heterocycles. The Balaban J connectivity index is 2.30. The third-order valence-electron chi connectivity index (χ3n) is 2.66. The summed E-state index contributed by atoms with van der Waals surface area (Å²) < 4.78 is 2.08. The van der Waals surface area contributed by atoms with Gasteiger partial charge in [0.05, 0.1) is 6.54 Å². The van der Waals surface area contributed by atoms with Crippen LogP contribution in [0.25, 0.3) is 10.9 Å². The molecular formula is C11H10N2O. The fourth-order valence-corrected chi connectivity index (χ4v) is 1.99. The van der Waals surface area contributed by atoms with Crippen molar-refractivity contribution >= 4 is 16.8 Å². The van der Waals surface area contributed by atoms with Gasteiger partial charge in [-0.1, -0.05) is 18.2 Å². The van der Waals surface area contributed by atoms with E-state index in [0.29, 0.717) is 13.1 Å². The second-order valence-electron chi connectivity index (χ2n) is 3.56. The summed E-state index contributed by atoms with van der Waals surface area (Å²) in [6.45, 7) is 1.09. The Bertz CT molecular complexity index is 513. The lowest BCUT2D eigenvalue weighted by atomic mass is 10.2. The predicted octanol–water partition coefficient (Wildman–Crippen LogP) is 1.27. The van der Waals surface area contributed by atoms with Crippen LogP contribution in [0.3, 0.4) is 0 Å². The van der Waals surface area contributed by atoms with Gasteiger partial charge in [0.2, 0.25) is 5.91 Å². The van der Waals surface area contributed by atoms with Crippen LogP contribution >= 0.6 is 0 Å². The number of aromatic nitrogens is 1. The van der Waals surface area contributed by atoms with Gasteiger partial charge in [0.15, 0.2) is 0 Å². The molecule has 1 aliphatic rings. The van der Waals surface area contributed by atoms with Crippen LogP contribution in [-0.2, 0) is 17.9 Å². The summed E-state index contributed by atoms with van der Waals surface area (Å²) >= 11 is 0. The average molecular weight is 186 g/mol. The van der Waals surface area contributed by atoms with E-state index in [2.05, 4.69) is 28.1 Å². The molecule has 3 rings (SSSR count). The number of fused-ring (bicyclic) bond motifs is 3. The maximum absolute atomic E-state index is 11.2. The van der Waals surface area contributed by atoms with Gasteiger partial charge in [-0.2, -0.15) is 0 Å². The smallest absolute Gasteiger partial charge is 0.240 e. The van der Waals surface area contributed by atoms with E-state index in [-0.39, 0.29) is 5.91 Å². The summed E-state index contributed by atoms with van der Waals surface area (Å²) in [6.07, 6.45) is 0. The molecule has 0 fully saturated rings. The average Bonchev–Trinajstić information content (AvgIpc) is 2.56. The van der Waals surface area contributed by atoms with Gasteiger partial charge in [-0.15, -0.1) is 0 Å².